The summed E-state index contributed by atoms with van der Waals surface area (Å²) >= 11 is 0. The largest absolute Gasteiger partial charge is 0.372 e. The zero-order chi connectivity index (χ0) is 13.0. The van der Waals surface area contributed by atoms with Crippen molar-refractivity contribution in [2.75, 3.05) is 13.1 Å². The standard InChI is InChI=1S/C14H20N2O2/c1-10-7-11(14(15)17)4-5-12(10)9-18-13-3-2-6-16-8-13/h4-5,7,13,16H,2-3,6,8-9H2,1H3,(H2,15,17)/t13-/m0/s1. The summed E-state index contributed by atoms with van der Waals surface area (Å²) in [7, 11) is 0. The molecule has 0 saturated carbocycles. The Kier molecular flexibility index (Phi) is 4.33. The first-order chi connectivity index (χ1) is 8.66. The summed E-state index contributed by atoms with van der Waals surface area (Å²) in [5.41, 5.74) is 7.96. The highest BCUT2D eigenvalue weighted by Gasteiger charge is 2.13. The molecule has 1 atom stereocenters. The summed E-state index contributed by atoms with van der Waals surface area (Å²) in [6.45, 7) is 4.59. The molecule has 98 valence electrons. The number of carbonyl (C=O) groups is 1. The van der Waals surface area contributed by atoms with Gasteiger partial charge in [0.1, 0.15) is 0 Å². The first-order valence-corrected chi connectivity index (χ1v) is 6.38. The van der Waals surface area contributed by atoms with Crippen molar-refractivity contribution in [2.45, 2.75) is 32.5 Å². The molecule has 0 aromatic heterocycles. The van der Waals surface area contributed by atoms with Gasteiger partial charge in [0, 0.05) is 12.1 Å². The predicted octanol–water partition coefficient (Wildman–Crippen LogP) is 1.36. The molecule has 2 rings (SSSR count). The van der Waals surface area contributed by atoms with E-state index in [1.165, 1.54) is 6.42 Å². The number of rotatable bonds is 4. The summed E-state index contributed by atoms with van der Waals surface area (Å²) < 4.78 is 5.87. The van der Waals surface area contributed by atoms with Crippen molar-refractivity contribution in [1.82, 2.24) is 5.32 Å². The van der Waals surface area contributed by atoms with Gasteiger partial charge in [-0.15, -0.1) is 0 Å². The molecule has 1 aliphatic rings. The van der Waals surface area contributed by atoms with E-state index in [-0.39, 0.29) is 5.91 Å². The van der Waals surface area contributed by atoms with Crippen LogP contribution in [0.3, 0.4) is 0 Å². The molecule has 1 amide bonds. The third-order valence-electron chi connectivity index (χ3n) is 3.35. The van der Waals surface area contributed by atoms with Crippen LogP contribution in [0.15, 0.2) is 18.2 Å². The molecule has 18 heavy (non-hydrogen) atoms. The maximum Gasteiger partial charge on any atom is 0.248 e. The van der Waals surface area contributed by atoms with Crippen molar-refractivity contribution >= 4 is 5.91 Å². The molecule has 1 fully saturated rings. The molecule has 0 spiro atoms. The lowest BCUT2D eigenvalue weighted by atomic mass is 10.1. The molecule has 1 aromatic rings. The topological polar surface area (TPSA) is 64.4 Å². The monoisotopic (exact) mass is 248 g/mol. The van der Waals surface area contributed by atoms with Gasteiger partial charge in [0.05, 0.1) is 12.7 Å². The fraction of sp³-hybridized carbons (Fsp3) is 0.500. The molecule has 3 N–H and O–H groups in total. The summed E-state index contributed by atoms with van der Waals surface area (Å²) in [6.07, 6.45) is 2.59. The van der Waals surface area contributed by atoms with E-state index in [1.807, 2.05) is 19.1 Å². The molecule has 0 unspecified atom stereocenters. The Bertz CT molecular complexity index is 426. The average Bonchev–Trinajstić information content (AvgIpc) is 2.38. The SMILES string of the molecule is Cc1cc(C(N)=O)ccc1CO[C@H]1CCCNC1. The number of primary amides is 1. The third kappa shape index (κ3) is 3.31. The van der Waals surface area contributed by atoms with Gasteiger partial charge < -0.3 is 15.8 Å². The van der Waals surface area contributed by atoms with Crippen LogP contribution >= 0.6 is 0 Å². The molecule has 1 aliphatic heterocycles. The number of amides is 1. The van der Waals surface area contributed by atoms with E-state index in [0.717, 1.165) is 30.6 Å². The van der Waals surface area contributed by atoms with Gasteiger partial charge in [-0.3, -0.25) is 4.79 Å². The Morgan fingerprint density at radius 3 is 3.00 bits per heavy atom. The van der Waals surface area contributed by atoms with Crippen molar-refractivity contribution in [2.24, 2.45) is 5.73 Å². The average molecular weight is 248 g/mol. The summed E-state index contributed by atoms with van der Waals surface area (Å²) in [6, 6.07) is 5.50. The summed E-state index contributed by atoms with van der Waals surface area (Å²) in [5.74, 6) is -0.387. The van der Waals surface area contributed by atoms with Crippen LogP contribution < -0.4 is 11.1 Å². The molecule has 4 heteroatoms. The van der Waals surface area contributed by atoms with E-state index in [9.17, 15) is 4.79 Å². The zero-order valence-electron chi connectivity index (χ0n) is 10.7. The highest BCUT2D eigenvalue weighted by atomic mass is 16.5. The van der Waals surface area contributed by atoms with E-state index in [1.54, 1.807) is 6.07 Å². The number of ether oxygens (including phenoxy) is 1. The lowest BCUT2D eigenvalue weighted by Crippen LogP contribution is -2.35. The first kappa shape index (κ1) is 13.1. The number of aryl methyl sites for hydroxylation is 1. The van der Waals surface area contributed by atoms with Crippen LogP contribution in [0.1, 0.15) is 34.3 Å². The van der Waals surface area contributed by atoms with E-state index in [4.69, 9.17) is 10.5 Å². The Hall–Kier alpha value is -1.39. The van der Waals surface area contributed by atoms with Crippen molar-refractivity contribution in [3.05, 3.63) is 34.9 Å². The Morgan fingerprint density at radius 1 is 1.56 bits per heavy atom. The van der Waals surface area contributed by atoms with Gasteiger partial charge in [0.15, 0.2) is 0 Å². The maximum absolute atomic E-state index is 11.1. The van der Waals surface area contributed by atoms with Crippen LogP contribution in [-0.4, -0.2) is 25.1 Å². The molecule has 0 radical (unpaired) electrons. The Balaban J connectivity index is 1.94. The highest BCUT2D eigenvalue weighted by Crippen LogP contribution is 2.15. The van der Waals surface area contributed by atoms with Crippen LogP contribution in [0, 0.1) is 6.92 Å². The number of hydrogen-bond acceptors (Lipinski definition) is 3. The fourth-order valence-electron chi connectivity index (χ4n) is 2.18. The minimum absolute atomic E-state index is 0.300. The van der Waals surface area contributed by atoms with E-state index >= 15 is 0 Å². The van der Waals surface area contributed by atoms with Gasteiger partial charge >= 0.3 is 0 Å². The van der Waals surface area contributed by atoms with Crippen molar-refractivity contribution in [3.8, 4) is 0 Å². The van der Waals surface area contributed by atoms with E-state index in [2.05, 4.69) is 5.32 Å². The van der Waals surface area contributed by atoms with Gasteiger partial charge in [-0.25, -0.2) is 0 Å². The molecule has 4 nitrogen and oxygen atoms in total. The number of nitrogens with one attached hydrogen (secondary N) is 1. The van der Waals surface area contributed by atoms with Gasteiger partial charge in [0.2, 0.25) is 5.91 Å². The second kappa shape index (κ2) is 5.98. The Morgan fingerprint density at radius 2 is 2.39 bits per heavy atom. The van der Waals surface area contributed by atoms with Crippen molar-refractivity contribution < 1.29 is 9.53 Å². The zero-order valence-corrected chi connectivity index (χ0v) is 10.7. The molecule has 1 heterocycles. The van der Waals surface area contributed by atoms with Crippen LogP contribution in [0.5, 0.6) is 0 Å². The lowest BCUT2D eigenvalue weighted by molar-refractivity contribution is 0.0250. The molecule has 0 bridgehead atoms. The number of benzene rings is 1. The Labute approximate surface area is 108 Å². The predicted molar refractivity (Wildman–Crippen MR) is 70.4 cm³/mol. The number of hydrogen-bond donors (Lipinski definition) is 2. The second-order valence-corrected chi connectivity index (χ2v) is 4.78. The first-order valence-electron chi connectivity index (χ1n) is 6.38. The molecular weight excluding hydrogens is 228 g/mol. The molecule has 1 aromatic carbocycles. The van der Waals surface area contributed by atoms with Crippen LogP contribution in [0.4, 0.5) is 0 Å². The van der Waals surface area contributed by atoms with Gasteiger partial charge in [-0.2, -0.15) is 0 Å². The maximum atomic E-state index is 11.1. The minimum atomic E-state index is -0.387. The number of piperidine rings is 1. The van der Waals surface area contributed by atoms with E-state index in [0.29, 0.717) is 18.3 Å². The summed E-state index contributed by atoms with van der Waals surface area (Å²) in [4.78, 5) is 11.1. The number of nitrogens with two attached hydrogens (primary N) is 1. The highest BCUT2D eigenvalue weighted by molar-refractivity contribution is 5.93. The quantitative estimate of drug-likeness (QED) is 0.845. The molecule has 0 aliphatic carbocycles. The van der Waals surface area contributed by atoms with Gasteiger partial charge in [-0.05, 0) is 49.6 Å². The van der Waals surface area contributed by atoms with Crippen molar-refractivity contribution in [1.29, 1.82) is 0 Å². The van der Waals surface area contributed by atoms with Crippen LogP contribution in [-0.2, 0) is 11.3 Å². The van der Waals surface area contributed by atoms with Gasteiger partial charge in [0.25, 0.3) is 0 Å². The lowest BCUT2D eigenvalue weighted by Gasteiger charge is -2.23. The van der Waals surface area contributed by atoms with Crippen LogP contribution in [0.25, 0.3) is 0 Å². The second-order valence-electron chi connectivity index (χ2n) is 4.78. The molecule has 1 saturated heterocycles. The van der Waals surface area contributed by atoms with Gasteiger partial charge in [-0.1, -0.05) is 6.07 Å². The summed E-state index contributed by atoms with van der Waals surface area (Å²) in [5, 5.41) is 3.32. The smallest absolute Gasteiger partial charge is 0.248 e. The van der Waals surface area contributed by atoms with Crippen molar-refractivity contribution in [3.63, 3.8) is 0 Å². The normalized spacial score (nSPS) is 19.7. The minimum Gasteiger partial charge on any atom is -0.372 e. The molecular formula is C14H20N2O2. The van der Waals surface area contributed by atoms with Crippen LogP contribution in [0.2, 0.25) is 0 Å². The van der Waals surface area contributed by atoms with E-state index < -0.39 is 0 Å². The number of carbonyl (C=O) groups excluding carboxylic acids is 1. The fourth-order valence-corrected chi connectivity index (χ4v) is 2.18. The third-order valence-corrected chi connectivity index (χ3v) is 3.35.